The highest BCUT2D eigenvalue weighted by Crippen LogP contribution is 2.35. The molecule has 1 aromatic carbocycles. The molecule has 2 N–H and O–H groups in total. The van der Waals surface area contributed by atoms with E-state index in [0.29, 0.717) is 20.9 Å². The number of aromatic nitrogens is 2. The number of nitrogens with zero attached hydrogens (tertiary/aromatic N) is 3. The number of likely N-dealkylation sites (tertiary alicyclic amines) is 1. The standard InChI is InChI=1S/C18H16F2N4OS/c19-18(20)6-8-24(9-7-18)17(25)15-13(21)14-16(26-15)23-12(10-22-14)11-4-2-1-3-5-11/h1-5,10H,6-9,21H2. The van der Waals surface area contributed by atoms with Crippen molar-refractivity contribution in [3.05, 3.63) is 41.4 Å². The maximum absolute atomic E-state index is 13.3. The molecule has 0 saturated carbocycles. The van der Waals surface area contributed by atoms with Crippen LogP contribution in [0.4, 0.5) is 14.5 Å². The molecule has 2 aromatic heterocycles. The van der Waals surface area contributed by atoms with Gasteiger partial charge in [-0.2, -0.15) is 0 Å². The van der Waals surface area contributed by atoms with E-state index in [0.717, 1.165) is 16.9 Å². The van der Waals surface area contributed by atoms with E-state index in [1.165, 1.54) is 4.90 Å². The molecule has 0 atom stereocenters. The number of halogens is 2. The summed E-state index contributed by atoms with van der Waals surface area (Å²) >= 11 is 1.16. The third kappa shape index (κ3) is 3.01. The van der Waals surface area contributed by atoms with Crippen LogP contribution in [0.15, 0.2) is 36.5 Å². The van der Waals surface area contributed by atoms with E-state index in [9.17, 15) is 13.6 Å². The van der Waals surface area contributed by atoms with Crippen molar-refractivity contribution in [1.82, 2.24) is 14.9 Å². The predicted octanol–water partition coefficient (Wildman–Crippen LogP) is 3.81. The molecule has 5 nitrogen and oxygen atoms in total. The number of amides is 1. The summed E-state index contributed by atoms with van der Waals surface area (Å²) in [5, 5.41) is 0. The van der Waals surface area contributed by atoms with Crippen LogP contribution in [-0.2, 0) is 0 Å². The fourth-order valence-electron chi connectivity index (χ4n) is 2.97. The molecule has 1 amide bonds. The third-order valence-electron chi connectivity index (χ3n) is 4.48. The smallest absolute Gasteiger partial charge is 0.266 e. The Morgan fingerprint density at radius 3 is 2.58 bits per heavy atom. The Kier molecular flexibility index (Phi) is 4.07. The quantitative estimate of drug-likeness (QED) is 0.740. The number of nitrogen functional groups attached to an aromatic ring is 1. The zero-order valence-electron chi connectivity index (χ0n) is 13.8. The SMILES string of the molecule is Nc1c(C(=O)N2CCC(F)(F)CC2)sc2nc(-c3ccccc3)cnc12. The van der Waals surface area contributed by atoms with E-state index in [-0.39, 0.29) is 37.5 Å². The summed E-state index contributed by atoms with van der Waals surface area (Å²) in [7, 11) is 0. The van der Waals surface area contributed by atoms with Gasteiger partial charge in [-0.25, -0.2) is 18.7 Å². The number of hydrogen-bond donors (Lipinski definition) is 1. The van der Waals surface area contributed by atoms with Crippen LogP contribution in [0.25, 0.3) is 21.6 Å². The molecule has 134 valence electrons. The van der Waals surface area contributed by atoms with Crippen LogP contribution in [0.3, 0.4) is 0 Å². The van der Waals surface area contributed by atoms with E-state index in [1.54, 1.807) is 6.20 Å². The number of anilines is 1. The summed E-state index contributed by atoms with van der Waals surface area (Å²) < 4.78 is 26.6. The minimum Gasteiger partial charge on any atom is -0.396 e. The number of benzene rings is 1. The normalized spacial score (nSPS) is 16.8. The molecule has 1 saturated heterocycles. The first kappa shape index (κ1) is 16.8. The second kappa shape index (κ2) is 6.28. The van der Waals surface area contributed by atoms with Crippen LogP contribution in [0.1, 0.15) is 22.5 Å². The van der Waals surface area contributed by atoms with Gasteiger partial charge in [0.05, 0.1) is 17.6 Å². The van der Waals surface area contributed by atoms with Gasteiger partial charge in [0.1, 0.15) is 15.2 Å². The summed E-state index contributed by atoms with van der Waals surface area (Å²) in [6.45, 7) is 0.0469. The lowest BCUT2D eigenvalue weighted by Crippen LogP contribution is -2.42. The second-order valence-corrected chi connectivity index (χ2v) is 7.27. The summed E-state index contributed by atoms with van der Waals surface area (Å²) in [6, 6.07) is 9.58. The van der Waals surface area contributed by atoms with Crippen LogP contribution < -0.4 is 5.73 Å². The van der Waals surface area contributed by atoms with E-state index < -0.39 is 5.92 Å². The maximum atomic E-state index is 13.3. The molecule has 8 heteroatoms. The summed E-state index contributed by atoms with van der Waals surface area (Å²) in [5.74, 6) is -3.03. The number of carbonyl (C=O) groups excluding carboxylic acids is 1. The fourth-order valence-corrected chi connectivity index (χ4v) is 3.99. The van der Waals surface area contributed by atoms with E-state index in [1.807, 2.05) is 30.3 Å². The van der Waals surface area contributed by atoms with Gasteiger partial charge in [-0.05, 0) is 0 Å². The average Bonchev–Trinajstić information content (AvgIpc) is 2.98. The number of fused-ring (bicyclic) bond motifs is 1. The molecular formula is C18H16F2N4OS. The van der Waals surface area contributed by atoms with Crippen molar-refractivity contribution in [3.8, 4) is 11.3 Å². The lowest BCUT2D eigenvalue weighted by atomic mass is 10.1. The molecule has 0 aliphatic carbocycles. The van der Waals surface area contributed by atoms with Gasteiger partial charge in [0.15, 0.2) is 0 Å². The van der Waals surface area contributed by atoms with Gasteiger partial charge in [0.2, 0.25) is 0 Å². The van der Waals surface area contributed by atoms with Gasteiger partial charge in [-0.15, -0.1) is 11.3 Å². The Balaban J connectivity index is 1.66. The van der Waals surface area contributed by atoms with Crippen molar-refractivity contribution in [2.24, 2.45) is 0 Å². The Hall–Kier alpha value is -2.61. The van der Waals surface area contributed by atoms with Crippen molar-refractivity contribution in [2.75, 3.05) is 18.8 Å². The van der Waals surface area contributed by atoms with Crippen molar-refractivity contribution >= 4 is 33.3 Å². The molecule has 4 rings (SSSR count). The minimum absolute atomic E-state index is 0.0235. The summed E-state index contributed by atoms with van der Waals surface area (Å²) in [5.41, 5.74) is 8.44. The largest absolute Gasteiger partial charge is 0.396 e. The average molecular weight is 374 g/mol. The van der Waals surface area contributed by atoms with Crippen LogP contribution in [-0.4, -0.2) is 39.8 Å². The van der Waals surface area contributed by atoms with Gasteiger partial charge < -0.3 is 10.6 Å². The molecule has 3 heterocycles. The van der Waals surface area contributed by atoms with E-state index >= 15 is 0 Å². The first-order chi connectivity index (χ1) is 12.4. The molecule has 1 fully saturated rings. The molecule has 1 aliphatic rings. The Morgan fingerprint density at radius 1 is 1.19 bits per heavy atom. The number of piperidine rings is 1. The van der Waals surface area contributed by atoms with E-state index in [2.05, 4.69) is 9.97 Å². The first-order valence-corrected chi connectivity index (χ1v) is 9.04. The van der Waals surface area contributed by atoms with Crippen molar-refractivity contribution in [3.63, 3.8) is 0 Å². The van der Waals surface area contributed by atoms with Crippen LogP contribution in [0, 0.1) is 0 Å². The molecule has 26 heavy (non-hydrogen) atoms. The summed E-state index contributed by atoms with van der Waals surface area (Å²) in [6.07, 6.45) is 0.979. The first-order valence-electron chi connectivity index (χ1n) is 8.22. The number of nitrogens with two attached hydrogens (primary N) is 1. The highest BCUT2D eigenvalue weighted by atomic mass is 32.1. The zero-order valence-corrected chi connectivity index (χ0v) is 14.6. The van der Waals surface area contributed by atoms with Gasteiger partial charge in [-0.1, -0.05) is 30.3 Å². The number of thiophene rings is 1. The molecule has 1 aliphatic heterocycles. The lowest BCUT2D eigenvalue weighted by molar-refractivity contribution is -0.0493. The van der Waals surface area contributed by atoms with Crippen LogP contribution in [0.5, 0.6) is 0 Å². The Morgan fingerprint density at radius 2 is 1.88 bits per heavy atom. The molecular weight excluding hydrogens is 358 g/mol. The maximum Gasteiger partial charge on any atom is 0.266 e. The molecule has 3 aromatic rings. The number of alkyl halides is 2. The van der Waals surface area contributed by atoms with Crippen LogP contribution >= 0.6 is 11.3 Å². The molecule has 0 spiro atoms. The molecule has 0 radical (unpaired) electrons. The number of hydrogen-bond acceptors (Lipinski definition) is 5. The van der Waals surface area contributed by atoms with Crippen molar-refractivity contribution in [1.29, 1.82) is 0 Å². The lowest BCUT2D eigenvalue weighted by Gasteiger charge is -2.31. The van der Waals surface area contributed by atoms with Gasteiger partial charge in [0.25, 0.3) is 11.8 Å². The van der Waals surface area contributed by atoms with Gasteiger partial charge in [-0.3, -0.25) is 4.79 Å². The number of carbonyl (C=O) groups is 1. The van der Waals surface area contributed by atoms with Crippen molar-refractivity contribution in [2.45, 2.75) is 18.8 Å². The van der Waals surface area contributed by atoms with Gasteiger partial charge >= 0.3 is 0 Å². The zero-order chi connectivity index (χ0) is 18.3. The van der Waals surface area contributed by atoms with E-state index in [4.69, 9.17) is 5.73 Å². The highest BCUT2D eigenvalue weighted by molar-refractivity contribution is 7.21. The monoisotopic (exact) mass is 374 g/mol. The third-order valence-corrected chi connectivity index (χ3v) is 5.56. The number of rotatable bonds is 2. The highest BCUT2D eigenvalue weighted by Gasteiger charge is 2.36. The topological polar surface area (TPSA) is 72.1 Å². The fraction of sp³-hybridized carbons (Fsp3) is 0.278. The Bertz CT molecular complexity index is 964. The predicted molar refractivity (Wildman–Crippen MR) is 97.3 cm³/mol. The summed E-state index contributed by atoms with van der Waals surface area (Å²) in [4.78, 5) is 23.9. The Labute approximate surface area is 152 Å². The van der Waals surface area contributed by atoms with Crippen LogP contribution in [0.2, 0.25) is 0 Å². The molecule has 0 bridgehead atoms. The van der Waals surface area contributed by atoms with Crippen molar-refractivity contribution < 1.29 is 13.6 Å². The molecule has 0 unspecified atom stereocenters. The minimum atomic E-state index is -2.70. The van der Waals surface area contributed by atoms with Gasteiger partial charge in [0, 0.05) is 31.5 Å². The second-order valence-electron chi connectivity index (χ2n) is 6.27.